The summed E-state index contributed by atoms with van der Waals surface area (Å²) in [5.41, 5.74) is 0.800. The van der Waals surface area contributed by atoms with Crippen molar-refractivity contribution in [3.8, 4) is 0 Å². The van der Waals surface area contributed by atoms with Crippen molar-refractivity contribution in [3.63, 3.8) is 0 Å². The highest BCUT2D eigenvalue weighted by Gasteiger charge is 2.36. The number of nitrogens with zero attached hydrogens (tertiary/aromatic N) is 5. The first-order valence-electron chi connectivity index (χ1n) is 21.2. The van der Waals surface area contributed by atoms with Gasteiger partial charge in [-0.1, -0.05) is 149 Å². The van der Waals surface area contributed by atoms with Crippen LogP contribution in [0.4, 0.5) is 5.82 Å². The van der Waals surface area contributed by atoms with E-state index in [-0.39, 0.29) is 22.7 Å². The van der Waals surface area contributed by atoms with Crippen molar-refractivity contribution >= 4 is 40.3 Å². The van der Waals surface area contributed by atoms with E-state index in [4.69, 9.17) is 9.98 Å². The minimum absolute atomic E-state index is 0.161. The molecule has 1 aliphatic carbocycles. The fourth-order valence-corrected chi connectivity index (χ4v) is 7.97. The van der Waals surface area contributed by atoms with Gasteiger partial charge in [0, 0.05) is 36.0 Å². The van der Waals surface area contributed by atoms with Gasteiger partial charge in [0.1, 0.15) is 5.82 Å². The van der Waals surface area contributed by atoms with Crippen LogP contribution >= 0.6 is 11.8 Å². The average molecular weight is 722 g/mol. The highest BCUT2D eigenvalue weighted by atomic mass is 32.2. The Morgan fingerprint density at radius 2 is 1.08 bits per heavy atom. The molecule has 0 aromatic carbocycles. The molecule has 0 unspecified atom stereocenters. The quantitative estimate of drug-likeness (QED) is 0.0447. The van der Waals surface area contributed by atoms with Crippen molar-refractivity contribution in [1.29, 1.82) is 0 Å². The van der Waals surface area contributed by atoms with Crippen LogP contribution in [0.5, 0.6) is 0 Å². The minimum atomic E-state index is -0.230. The second kappa shape index (κ2) is 26.3. The summed E-state index contributed by atoms with van der Waals surface area (Å²) in [6.07, 6.45) is 35.2. The smallest absolute Gasteiger partial charge is 0.359 e. The van der Waals surface area contributed by atoms with Crippen LogP contribution in [0.25, 0.3) is 5.57 Å². The maximum Gasteiger partial charge on any atom is 0.359 e. The fourth-order valence-electron chi connectivity index (χ4n) is 6.97. The molecule has 0 amide bonds. The molecular formula is C43H71N5O2S. The number of carbonyl (C=O) groups is 1. The molecule has 8 heteroatoms. The van der Waals surface area contributed by atoms with Gasteiger partial charge in [-0.3, -0.25) is 14.4 Å². The van der Waals surface area contributed by atoms with Gasteiger partial charge in [0.15, 0.2) is 12.0 Å². The summed E-state index contributed by atoms with van der Waals surface area (Å²) in [5.74, 6) is 0.381. The number of Topliss-reactive ketones (excluding diaryl/α,β-unsaturated/α-hetero) is 1. The molecule has 1 aromatic heterocycles. The first-order chi connectivity index (χ1) is 25.0. The van der Waals surface area contributed by atoms with Crippen LogP contribution in [0.15, 0.2) is 33.6 Å². The molecule has 1 aromatic rings. The monoisotopic (exact) mass is 722 g/mol. The molecule has 0 saturated carbocycles. The summed E-state index contributed by atoms with van der Waals surface area (Å²) < 4.78 is 2.39. The van der Waals surface area contributed by atoms with Crippen molar-refractivity contribution in [3.05, 3.63) is 34.3 Å². The van der Waals surface area contributed by atoms with Crippen molar-refractivity contribution in [1.82, 2.24) is 9.97 Å². The molecule has 0 N–H and O–H groups in total. The number of aliphatic imine (C=N–C) groups is 1. The number of ketones is 1. The predicted molar refractivity (Wildman–Crippen MR) is 218 cm³/mol. The van der Waals surface area contributed by atoms with E-state index in [1.165, 1.54) is 140 Å². The summed E-state index contributed by atoms with van der Waals surface area (Å²) in [4.78, 5) is 30.6. The van der Waals surface area contributed by atoms with Crippen LogP contribution in [0.3, 0.4) is 0 Å². The van der Waals surface area contributed by atoms with Crippen LogP contribution in [0.2, 0.25) is 0 Å². The summed E-state index contributed by atoms with van der Waals surface area (Å²) in [6.45, 7) is 12.9. The Labute approximate surface area is 316 Å². The third-order valence-electron chi connectivity index (χ3n) is 10.3. The highest BCUT2D eigenvalue weighted by Crippen LogP contribution is 2.40. The zero-order valence-corrected chi connectivity index (χ0v) is 33.8. The maximum absolute atomic E-state index is 13.5. The van der Waals surface area contributed by atoms with Gasteiger partial charge in [-0.05, 0) is 43.5 Å². The molecule has 286 valence electrons. The fraction of sp³-hybridized carbons (Fsp3) is 0.744. The van der Waals surface area contributed by atoms with Crippen LogP contribution in [-0.2, 0) is 4.79 Å². The maximum atomic E-state index is 13.5. The summed E-state index contributed by atoms with van der Waals surface area (Å²) in [5, 5.41) is 14.4. The van der Waals surface area contributed by atoms with Gasteiger partial charge in [0.05, 0.1) is 36.1 Å². The van der Waals surface area contributed by atoms with Crippen LogP contribution < -0.4 is 10.0 Å². The number of hydrogen-bond donors (Lipinski definition) is 0. The molecule has 1 aliphatic heterocycles. The zero-order valence-electron chi connectivity index (χ0n) is 33.0. The van der Waals surface area contributed by atoms with Crippen LogP contribution in [0.1, 0.15) is 187 Å². The molecule has 0 fully saturated rings. The van der Waals surface area contributed by atoms with Gasteiger partial charge in [0.2, 0.25) is 0 Å². The second-order valence-corrected chi connectivity index (χ2v) is 15.7. The predicted octanol–water partition coefficient (Wildman–Crippen LogP) is 10.8. The number of aromatic nitrogens is 2. The van der Waals surface area contributed by atoms with Gasteiger partial charge in [-0.15, -0.1) is 0 Å². The molecule has 0 spiro atoms. The highest BCUT2D eigenvalue weighted by molar-refractivity contribution is 8.18. The molecule has 2 heterocycles. The molecule has 3 rings (SSSR count). The summed E-state index contributed by atoms with van der Waals surface area (Å²) in [7, 11) is 0. The first kappa shape index (κ1) is 42.9. The summed E-state index contributed by atoms with van der Waals surface area (Å²) >= 11 is 1.49. The standard InChI is InChI=1S/C43H71N5O2S/c1-5-9-13-17-21-25-29-47(30-26-22-18-14-10-6-2)38-35-44-36(33-45-38)39-41(49)40(42(39)50)37-34-46-43(51-37)48(31-27-23-19-15-11-7-3)32-28-24-20-16-12-8-4/h33-35H,5-32H2,1-4H3. The number of unbranched alkanes of at least 4 members (excludes halogenated alkanes) is 20. The Morgan fingerprint density at radius 3 is 1.53 bits per heavy atom. The van der Waals surface area contributed by atoms with E-state index >= 15 is 0 Å². The normalized spacial score (nSPS) is 15.7. The minimum Gasteiger partial charge on any atom is -0.871 e. The topological polar surface area (TPSA) is 84.5 Å². The van der Waals surface area contributed by atoms with Gasteiger partial charge in [-0.25, -0.2) is 4.98 Å². The number of thioether (sulfide) groups is 1. The van der Waals surface area contributed by atoms with Crippen molar-refractivity contribution in [2.45, 2.75) is 182 Å². The number of rotatable bonds is 30. The molecule has 0 atom stereocenters. The third kappa shape index (κ3) is 15.2. The van der Waals surface area contributed by atoms with E-state index in [1.807, 2.05) is 0 Å². The Kier molecular flexibility index (Phi) is 22.1. The lowest BCUT2D eigenvalue weighted by Crippen LogP contribution is -2.31. The van der Waals surface area contributed by atoms with E-state index in [1.54, 1.807) is 18.6 Å². The van der Waals surface area contributed by atoms with Crippen LogP contribution in [-0.4, -0.2) is 57.9 Å². The number of allylic oxidation sites excluding steroid dienone is 3. The molecule has 0 saturated heterocycles. The second-order valence-electron chi connectivity index (χ2n) is 14.7. The van der Waals surface area contributed by atoms with Gasteiger partial charge >= 0.3 is 5.17 Å². The first-order valence-corrected chi connectivity index (χ1v) is 22.0. The Morgan fingerprint density at radius 1 is 0.608 bits per heavy atom. The molecular weight excluding hydrogens is 651 g/mol. The SMILES string of the molecule is CCCCCCCCN(CCCCCCCC)c1cnc(C2=C([O-])/C(=C3\C=NC(=[N+](CCCCCCCC)CCCCCCCC)S3)C2=O)cn1. The van der Waals surface area contributed by atoms with Gasteiger partial charge < -0.3 is 10.0 Å². The molecule has 2 aliphatic rings. The van der Waals surface area contributed by atoms with Crippen molar-refractivity contribution < 1.29 is 14.5 Å². The largest absolute Gasteiger partial charge is 0.871 e. The number of hydrogen-bond acceptors (Lipinski definition) is 6. The van der Waals surface area contributed by atoms with E-state index in [9.17, 15) is 9.90 Å². The Bertz CT molecular complexity index is 1240. The zero-order chi connectivity index (χ0) is 36.5. The van der Waals surface area contributed by atoms with Crippen molar-refractivity contribution in [2.75, 3.05) is 31.1 Å². The lowest BCUT2D eigenvalue weighted by atomic mass is 9.86. The Balaban J connectivity index is 1.67. The van der Waals surface area contributed by atoms with Crippen LogP contribution in [0, 0.1) is 0 Å². The molecule has 0 radical (unpaired) electrons. The van der Waals surface area contributed by atoms with E-state index in [0.717, 1.165) is 62.8 Å². The number of carbonyl (C=O) groups excluding carboxylic acids is 1. The number of amidine groups is 1. The third-order valence-corrected chi connectivity index (χ3v) is 11.3. The Hall–Kier alpha value is -2.48. The lowest BCUT2D eigenvalue weighted by molar-refractivity contribution is -0.527. The average Bonchev–Trinajstić information content (AvgIpc) is 3.61. The molecule has 51 heavy (non-hydrogen) atoms. The lowest BCUT2D eigenvalue weighted by Gasteiger charge is -2.30. The van der Waals surface area contributed by atoms with E-state index < -0.39 is 0 Å². The van der Waals surface area contributed by atoms with E-state index in [2.05, 4.69) is 42.2 Å². The molecule has 0 bridgehead atoms. The number of anilines is 1. The van der Waals surface area contributed by atoms with Gasteiger partial charge in [-0.2, -0.15) is 0 Å². The van der Waals surface area contributed by atoms with E-state index in [0.29, 0.717) is 10.6 Å². The summed E-state index contributed by atoms with van der Waals surface area (Å²) in [6, 6.07) is 0. The molecule has 7 nitrogen and oxygen atoms in total. The van der Waals surface area contributed by atoms with Gasteiger partial charge in [0.25, 0.3) is 0 Å². The van der Waals surface area contributed by atoms with Crippen molar-refractivity contribution in [2.24, 2.45) is 4.99 Å².